The van der Waals surface area contributed by atoms with Crippen LogP contribution in [-0.4, -0.2) is 51.3 Å². The van der Waals surface area contributed by atoms with Gasteiger partial charge in [0.15, 0.2) is 11.2 Å². The number of halogens is 1. The normalized spacial score (nSPS) is 31.3. The molecule has 1 saturated heterocycles. The zero-order chi connectivity index (χ0) is 20.0. The van der Waals surface area contributed by atoms with Gasteiger partial charge in [-0.15, -0.1) is 11.6 Å². The molecular formula is C23H29ClN2O3. The molecule has 0 unspecified atom stereocenters. The van der Waals surface area contributed by atoms with Crippen LogP contribution < -0.4 is 4.74 Å². The summed E-state index contributed by atoms with van der Waals surface area (Å²) in [6.45, 7) is 0.376. The second-order valence-electron chi connectivity index (χ2n) is 9.03. The molecule has 1 aromatic rings. The number of hydrogen-bond acceptors (Lipinski definition) is 3. The molecule has 156 valence electrons. The van der Waals surface area contributed by atoms with Crippen molar-refractivity contribution in [2.45, 2.75) is 87.4 Å². The Kier molecular flexibility index (Phi) is 4.97. The zero-order valence-electron chi connectivity index (χ0n) is 16.8. The Bertz CT molecular complexity index is 803. The van der Waals surface area contributed by atoms with Crippen LogP contribution in [0.25, 0.3) is 0 Å². The van der Waals surface area contributed by atoms with Gasteiger partial charge < -0.3 is 9.64 Å². The molecule has 0 radical (unpaired) electrons. The quantitative estimate of drug-likeness (QED) is 0.639. The van der Waals surface area contributed by atoms with Crippen LogP contribution in [0.5, 0.6) is 5.75 Å². The minimum absolute atomic E-state index is 0.0154. The van der Waals surface area contributed by atoms with Crippen molar-refractivity contribution in [3.05, 3.63) is 29.8 Å². The van der Waals surface area contributed by atoms with E-state index in [9.17, 15) is 9.59 Å². The summed E-state index contributed by atoms with van der Waals surface area (Å²) in [4.78, 5) is 30.8. The summed E-state index contributed by atoms with van der Waals surface area (Å²) in [5, 5.41) is -0.892. The van der Waals surface area contributed by atoms with Gasteiger partial charge in [0.25, 0.3) is 0 Å². The molecule has 0 bridgehead atoms. The SMILES string of the molecule is O=C1c2ccccc2O[C@]2(CN(C3CCCCC3)C(=O)N2C2CCCCC2)[C@@H]1Cl. The molecule has 0 aromatic heterocycles. The number of ether oxygens (including phenoxy) is 1. The number of urea groups is 1. The third-order valence-corrected chi connectivity index (χ3v) is 7.82. The van der Waals surface area contributed by atoms with Gasteiger partial charge in [0.05, 0.1) is 12.1 Å². The highest BCUT2D eigenvalue weighted by Crippen LogP contribution is 2.46. The smallest absolute Gasteiger partial charge is 0.323 e. The van der Waals surface area contributed by atoms with Crippen molar-refractivity contribution >= 4 is 23.4 Å². The average Bonchev–Trinajstić information content (AvgIpc) is 3.06. The molecule has 4 aliphatic rings. The summed E-state index contributed by atoms with van der Waals surface area (Å²) in [5.74, 6) is 0.418. The van der Waals surface area contributed by atoms with Gasteiger partial charge in [-0.25, -0.2) is 4.79 Å². The number of amides is 2. The van der Waals surface area contributed by atoms with E-state index < -0.39 is 11.1 Å². The maximum absolute atomic E-state index is 13.7. The topological polar surface area (TPSA) is 49.9 Å². The van der Waals surface area contributed by atoms with E-state index in [4.69, 9.17) is 16.3 Å². The molecule has 2 amide bonds. The van der Waals surface area contributed by atoms with Gasteiger partial charge in [-0.2, -0.15) is 0 Å². The number of fused-ring (bicyclic) bond motifs is 1. The lowest BCUT2D eigenvalue weighted by atomic mass is 9.89. The summed E-state index contributed by atoms with van der Waals surface area (Å²) in [7, 11) is 0. The highest BCUT2D eigenvalue weighted by molar-refractivity contribution is 6.35. The van der Waals surface area contributed by atoms with Gasteiger partial charge in [0, 0.05) is 12.1 Å². The number of Topliss-reactive ketones (excluding diaryl/α,β-unsaturated/α-hetero) is 1. The Morgan fingerprint density at radius 3 is 2.21 bits per heavy atom. The molecule has 29 heavy (non-hydrogen) atoms. The summed E-state index contributed by atoms with van der Waals surface area (Å²) >= 11 is 6.85. The predicted octanol–water partition coefficient (Wildman–Crippen LogP) is 4.97. The maximum atomic E-state index is 13.7. The number of carbonyl (C=O) groups excluding carboxylic acids is 2. The molecule has 2 aliphatic carbocycles. The first-order valence-corrected chi connectivity index (χ1v) is 11.6. The fourth-order valence-corrected chi connectivity index (χ4v) is 6.13. The first-order valence-electron chi connectivity index (χ1n) is 11.2. The molecule has 5 nitrogen and oxygen atoms in total. The highest BCUT2D eigenvalue weighted by Gasteiger charge is 2.63. The van der Waals surface area contributed by atoms with Crippen molar-refractivity contribution in [1.29, 1.82) is 0 Å². The molecular weight excluding hydrogens is 388 g/mol. The Labute approximate surface area is 177 Å². The average molecular weight is 417 g/mol. The molecule has 6 heteroatoms. The van der Waals surface area contributed by atoms with Gasteiger partial charge >= 0.3 is 6.03 Å². The lowest BCUT2D eigenvalue weighted by Crippen LogP contribution is -2.65. The van der Waals surface area contributed by atoms with Gasteiger partial charge in [0.2, 0.25) is 5.72 Å². The lowest BCUT2D eigenvalue weighted by molar-refractivity contribution is -0.0612. The number of alkyl halides is 1. The van der Waals surface area contributed by atoms with Crippen LogP contribution >= 0.6 is 11.6 Å². The summed E-state index contributed by atoms with van der Waals surface area (Å²) in [5.41, 5.74) is -0.589. The third-order valence-electron chi connectivity index (χ3n) is 7.28. The van der Waals surface area contributed by atoms with Crippen LogP contribution in [0.4, 0.5) is 4.79 Å². The van der Waals surface area contributed by atoms with E-state index in [2.05, 4.69) is 0 Å². The monoisotopic (exact) mass is 416 g/mol. The molecule has 2 atom stereocenters. The van der Waals surface area contributed by atoms with E-state index in [0.717, 1.165) is 51.4 Å². The second-order valence-corrected chi connectivity index (χ2v) is 9.47. The first-order chi connectivity index (χ1) is 14.1. The van der Waals surface area contributed by atoms with Crippen LogP contribution in [-0.2, 0) is 0 Å². The fraction of sp³-hybridized carbons (Fsp3) is 0.652. The fourth-order valence-electron chi connectivity index (χ4n) is 5.80. The summed E-state index contributed by atoms with van der Waals surface area (Å²) in [6, 6.07) is 7.61. The Balaban J connectivity index is 1.56. The van der Waals surface area contributed by atoms with E-state index in [1.807, 2.05) is 28.0 Å². The lowest BCUT2D eigenvalue weighted by Gasteiger charge is -2.46. The van der Waals surface area contributed by atoms with E-state index in [-0.39, 0.29) is 23.9 Å². The predicted molar refractivity (Wildman–Crippen MR) is 111 cm³/mol. The Morgan fingerprint density at radius 2 is 1.52 bits per heavy atom. The van der Waals surface area contributed by atoms with Gasteiger partial charge in [0.1, 0.15) is 5.75 Å². The minimum Gasteiger partial charge on any atom is -0.463 e. The van der Waals surface area contributed by atoms with Crippen molar-refractivity contribution in [3.8, 4) is 5.75 Å². The molecule has 1 aromatic carbocycles. The zero-order valence-corrected chi connectivity index (χ0v) is 17.6. The maximum Gasteiger partial charge on any atom is 0.323 e. The number of hydrogen-bond donors (Lipinski definition) is 0. The number of para-hydroxylation sites is 1. The van der Waals surface area contributed by atoms with Gasteiger partial charge in [-0.3, -0.25) is 9.69 Å². The van der Waals surface area contributed by atoms with Crippen LogP contribution in [0.2, 0.25) is 0 Å². The van der Waals surface area contributed by atoms with E-state index in [0.29, 0.717) is 17.9 Å². The molecule has 2 saturated carbocycles. The second kappa shape index (κ2) is 7.50. The van der Waals surface area contributed by atoms with E-state index in [1.54, 1.807) is 6.07 Å². The van der Waals surface area contributed by atoms with Crippen LogP contribution in [0, 0.1) is 0 Å². The number of benzene rings is 1. The highest BCUT2D eigenvalue weighted by atomic mass is 35.5. The number of ketones is 1. The molecule has 5 rings (SSSR count). The summed E-state index contributed by atoms with van der Waals surface area (Å²) in [6.07, 6.45) is 10.9. The van der Waals surface area contributed by atoms with Crippen molar-refractivity contribution in [3.63, 3.8) is 0 Å². The van der Waals surface area contributed by atoms with Crippen molar-refractivity contribution < 1.29 is 14.3 Å². The van der Waals surface area contributed by atoms with Crippen LogP contribution in [0.3, 0.4) is 0 Å². The summed E-state index contributed by atoms with van der Waals surface area (Å²) < 4.78 is 6.53. The number of nitrogens with zero attached hydrogens (tertiary/aromatic N) is 2. The first kappa shape index (κ1) is 19.2. The number of rotatable bonds is 2. The van der Waals surface area contributed by atoms with E-state index >= 15 is 0 Å². The Morgan fingerprint density at radius 1 is 0.897 bits per heavy atom. The molecule has 0 N–H and O–H groups in total. The van der Waals surface area contributed by atoms with Crippen molar-refractivity contribution in [2.75, 3.05) is 6.54 Å². The third kappa shape index (κ3) is 3.04. The molecule has 2 heterocycles. The molecule has 1 spiro atoms. The van der Waals surface area contributed by atoms with Gasteiger partial charge in [-0.1, -0.05) is 50.7 Å². The standard InChI is InChI=1S/C23H29ClN2O3/c24-21-20(27)18-13-7-8-14-19(18)29-23(21)15-25(16-9-3-1-4-10-16)22(28)26(23)17-11-5-2-6-12-17/h7-8,13-14,16-17,21H,1-6,9-12,15H2/t21-,23-/m1/s1. The van der Waals surface area contributed by atoms with Crippen LogP contribution in [0.15, 0.2) is 24.3 Å². The van der Waals surface area contributed by atoms with E-state index in [1.165, 1.54) is 12.8 Å². The minimum atomic E-state index is -1.11. The van der Waals surface area contributed by atoms with Crippen LogP contribution in [0.1, 0.15) is 74.6 Å². The van der Waals surface area contributed by atoms with Crippen molar-refractivity contribution in [1.82, 2.24) is 9.80 Å². The largest absolute Gasteiger partial charge is 0.463 e. The Hall–Kier alpha value is -1.75. The molecule has 2 aliphatic heterocycles. The van der Waals surface area contributed by atoms with Crippen molar-refractivity contribution in [2.24, 2.45) is 0 Å². The number of carbonyl (C=O) groups is 2. The van der Waals surface area contributed by atoms with Gasteiger partial charge in [-0.05, 0) is 37.8 Å². The molecule has 3 fully saturated rings.